The number of carbonyl (C=O) groups is 2. The maximum absolute atomic E-state index is 11.7. The van der Waals surface area contributed by atoms with E-state index in [1.807, 2.05) is 13.0 Å². The van der Waals surface area contributed by atoms with Crippen molar-refractivity contribution >= 4 is 35.7 Å². The molecule has 0 radical (unpaired) electrons. The predicted octanol–water partition coefficient (Wildman–Crippen LogP) is 1.31. The van der Waals surface area contributed by atoms with Crippen molar-refractivity contribution in [3.05, 3.63) is 24.3 Å². The number of urea groups is 1. The maximum atomic E-state index is 11.7. The molecular weight excluding hydrogens is 280 g/mol. The van der Waals surface area contributed by atoms with Gasteiger partial charge in [0.05, 0.1) is 6.04 Å². The normalized spacial score (nSPS) is 15.3. The minimum Gasteiger partial charge on any atom is -0.336 e. The lowest BCUT2D eigenvalue weighted by molar-refractivity contribution is -0.117. The molecule has 1 fully saturated rings. The van der Waals surface area contributed by atoms with Crippen LogP contribution >= 0.6 is 12.4 Å². The number of hydrogen-bond donors (Lipinski definition) is 3. The second-order valence-electron chi connectivity index (χ2n) is 4.44. The number of nitrogens with one attached hydrogen (secondary N) is 2. The quantitative estimate of drug-likeness (QED) is 0.783. The smallest absolute Gasteiger partial charge is 0.321 e. The number of hydrogen-bond acceptors (Lipinski definition) is 3. The molecular formula is C13H19ClN4O2. The highest BCUT2D eigenvalue weighted by atomic mass is 35.5. The van der Waals surface area contributed by atoms with Crippen LogP contribution in [0, 0.1) is 0 Å². The van der Waals surface area contributed by atoms with Crippen LogP contribution < -0.4 is 21.3 Å². The van der Waals surface area contributed by atoms with Crippen LogP contribution in [-0.4, -0.2) is 31.1 Å². The first-order chi connectivity index (χ1) is 9.11. The Bertz CT molecular complexity index is 495. The van der Waals surface area contributed by atoms with Gasteiger partial charge in [0.15, 0.2) is 0 Å². The Labute approximate surface area is 124 Å². The van der Waals surface area contributed by atoms with Crippen LogP contribution in [0.3, 0.4) is 0 Å². The molecule has 6 nitrogen and oxygen atoms in total. The van der Waals surface area contributed by atoms with E-state index in [0.717, 1.165) is 5.69 Å². The molecule has 4 N–H and O–H groups in total. The number of nitrogens with two attached hydrogens (primary N) is 1. The highest BCUT2D eigenvalue weighted by Gasteiger charge is 2.21. The van der Waals surface area contributed by atoms with Gasteiger partial charge in [0, 0.05) is 24.5 Å². The van der Waals surface area contributed by atoms with Gasteiger partial charge in [-0.3, -0.25) is 9.69 Å². The van der Waals surface area contributed by atoms with Gasteiger partial charge in [-0.05, 0) is 24.6 Å². The summed E-state index contributed by atoms with van der Waals surface area (Å²) in [5, 5.41) is 5.48. The fraction of sp³-hybridized carbons (Fsp3) is 0.385. The molecule has 1 aliphatic heterocycles. The second-order valence-corrected chi connectivity index (χ2v) is 4.44. The molecule has 0 bridgehead atoms. The third-order valence-corrected chi connectivity index (χ3v) is 3.06. The average Bonchev–Trinajstić information content (AvgIpc) is 2.84. The standard InChI is InChI=1S/C13H18N4O2.ClH/c1-2-11(14)12(18)16-9-4-3-5-10(8-9)17-7-6-15-13(17)19;/h3-5,8,11H,2,6-7,14H2,1H3,(H,15,19)(H,16,18);1H/t11-;/m0./s1. The van der Waals surface area contributed by atoms with Gasteiger partial charge in [0.2, 0.25) is 5.91 Å². The Morgan fingerprint density at radius 3 is 2.90 bits per heavy atom. The van der Waals surface area contributed by atoms with E-state index in [9.17, 15) is 9.59 Å². The van der Waals surface area contributed by atoms with Gasteiger partial charge in [-0.25, -0.2) is 4.79 Å². The molecule has 1 aromatic rings. The van der Waals surface area contributed by atoms with Crippen LogP contribution in [0.4, 0.5) is 16.2 Å². The molecule has 1 aromatic carbocycles. The summed E-state index contributed by atoms with van der Waals surface area (Å²) in [6.07, 6.45) is 0.583. The van der Waals surface area contributed by atoms with E-state index >= 15 is 0 Å². The number of amides is 3. The van der Waals surface area contributed by atoms with Crippen LogP contribution in [0.2, 0.25) is 0 Å². The molecule has 1 atom stereocenters. The Balaban J connectivity index is 0.00000200. The van der Waals surface area contributed by atoms with Crippen molar-refractivity contribution in [3.63, 3.8) is 0 Å². The zero-order valence-corrected chi connectivity index (χ0v) is 12.1. The van der Waals surface area contributed by atoms with Gasteiger partial charge in [-0.15, -0.1) is 12.4 Å². The summed E-state index contributed by atoms with van der Waals surface area (Å²) in [6.45, 7) is 3.12. The molecule has 0 aromatic heterocycles. The molecule has 1 heterocycles. The van der Waals surface area contributed by atoms with Crippen LogP contribution in [0.15, 0.2) is 24.3 Å². The van der Waals surface area contributed by atoms with Crippen LogP contribution in [0.1, 0.15) is 13.3 Å². The van der Waals surface area contributed by atoms with Gasteiger partial charge in [-0.2, -0.15) is 0 Å². The minimum absolute atomic E-state index is 0. The van der Waals surface area contributed by atoms with Crippen molar-refractivity contribution < 1.29 is 9.59 Å². The molecule has 7 heteroatoms. The van der Waals surface area contributed by atoms with E-state index in [2.05, 4.69) is 10.6 Å². The molecule has 110 valence electrons. The lowest BCUT2D eigenvalue weighted by atomic mass is 10.2. The molecule has 0 spiro atoms. The molecule has 2 rings (SSSR count). The zero-order chi connectivity index (χ0) is 13.8. The average molecular weight is 299 g/mol. The molecule has 3 amide bonds. The maximum Gasteiger partial charge on any atom is 0.321 e. The van der Waals surface area contributed by atoms with E-state index in [1.165, 1.54) is 0 Å². The summed E-state index contributed by atoms with van der Waals surface area (Å²) >= 11 is 0. The van der Waals surface area contributed by atoms with Crippen molar-refractivity contribution in [2.24, 2.45) is 5.73 Å². The molecule has 0 aliphatic carbocycles. The monoisotopic (exact) mass is 298 g/mol. The van der Waals surface area contributed by atoms with Crippen LogP contribution in [-0.2, 0) is 4.79 Å². The largest absolute Gasteiger partial charge is 0.336 e. The van der Waals surface area contributed by atoms with Crippen LogP contribution in [0.25, 0.3) is 0 Å². The summed E-state index contributed by atoms with van der Waals surface area (Å²) in [5.41, 5.74) is 7.07. The number of carbonyl (C=O) groups excluding carboxylic acids is 2. The van der Waals surface area contributed by atoms with Crippen LogP contribution in [0.5, 0.6) is 0 Å². The van der Waals surface area contributed by atoms with Crippen molar-refractivity contribution in [1.82, 2.24) is 5.32 Å². The Morgan fingerprint density at radius 2 is 2.30 bits per heavy atom. The number of anilines is 2. The van der Waals surface area contributed by atoms with Gasteiger partial charge in [-0.1, -0.05) is 13.0 Å². The Kier molecular flexibility index (Phi) is 5.79. The van der Waals surface area contributed by atoms with Gasteiger partial charge in [0.25, 0.3) is 0 Å². The van der Waals surface area contributed by atoms with Crippen molar-refractivity contribution in [3.8, 4) is 0 Å². The fourth-order valence-electron chi connectivity index (χ4n) is 1.89. The molecule has 1 aliphatic rings. The molecule has 0 saturated carbocycles. The molecule has 20 heavy (non-hydrogen) atoms. The SMILES string of the molecule is CC[C@H](N)C(=O)Nc1cccc(N2CCNC2=O)c1.Cl. The van der Waals surface area contributed by atoms with Crippen molar-refractivity contribution in [1.29, 1.82) is 0 Å². The van der Waals surface area contributed by atoms with E-state index in [0.29, 0.717) is 25.2 Å². The highest BCUT2D eigenvalue weighted by molar-refractivity contribution is 5.97. The van der Waals surface area contributed by atoms with Crippen molar-refractivity contribution in [2.45, 2.75) is 19.4 Å². The molecule has 1 saturated heterocycles. The number of benzene rings is 1. The first-order valence-electron chi connectivity index (χ1n) is 6.33. The van der Waals surface area contributed by atoms with E-state index in [1.54, 1.807) is 23.1 Å². The van der Waals surface area contributed by atoms with Gasteiger partial charge >= 0.3 is 6.03 Å². The highest BCUT2D eigenvalue weighted by Crippen LogP contribution is 2.21. The summed E-state index contributed by atoms with van der Waals surface area (Å²) < 4.78 is 0. The van der Waals surface area contributed by atoms with E-state index in [-0.39, 0.29) is 24.3 Å². The first kappa shape index (κ1) is 16.3. The zero-order valence-electron chi connectivity index (χ0n) is 11.3. The summed E-state index contributed by atoms with van der Waals surface area (Å²) in [4.78, 5) is 24.9. The lowest BCUT2D eigenvalue weighted by Gasteiger charge is -2.16. The molecule has 0 unspecified atom stereocenters. The summed E-state index contributed by atoms with van der Waals surface area (Å²) in [6, 6.07) is 6.55. The number of halogens is 1. The van der Waals surface area contributed by atoms with Gasteiger partial charge in [0.1, 0.15) is 0 Å². The first-order valence-corrected chi connectivity index (χ1v) is 6.33. The fourth-order valence-corrected chi connectivity index (χ4v) is 1.89. The third-order valence-electron chi connectivity index (χ3n) is 3.06. The lowest BCUT2D eigenvalue weighted by Crippen LogP contribution is -2.34. The third kappa shape index (κ3) is 3.61. The topological polar surface area (TPSA) is 87.5 Å². The summed E-state index contributed by atoms with van der Waals surface area (Å²) in [7, 11) is 0. The Hall–Kier alpha value is -1.79. The number of rotatable bonds is 4. The van der Waals surface area contributed by atoms with E-state index < -0.39 is 6.04 Å². The number of nitrogens with zero attached hydrogens (tertiary/aromatic N) is 1. The van der Waals surface area contributed by atoms with Gasteiger partial charge < -0.3 is 16.4 Å². The second kappa shape index (κ2) is 7.12. The predicted molar refractivity (Wildman–Crippen MR) is 81.3 cm³/mol. The van der Waals surface area contributed by atoms with Crippen molar-refractivity contribution in [2.75, 3.05) is 23.3 Å². The van der Waals surface area contributed by atoms with E-state index in [4.69, 9.17) is 5.73 Å². The summed E-state index contributed by atoms with van der Waals surface area (Å²) in [5.74, 6) is -0.217. The Morgan fingerprint density at radius 1 is 1.55 bits per heavy atom. The minimum atomic E-state index is -0.515.